The second-order valence-corrected chi connectivity index (χ2v) is 24.4. The van der Waals surface area contributed by atoms with Gasteiger partial charge in [-0.05, 0) is 71.0 Å². The van der Waals surface area contributed by atoms with Gasteiger partial charge in [0.1, 0.15) is 0 Å². The molecule has 0 rings (SSSR count). The second-order valence-electron chi connectivity index (χ2n) is 24.4. The summed E-state index contributed by atoms with van der Waals surface area (Å²) in [6.45, 7) is 38.7. The summed E-state index contributed by atoms with van der Waals surface area (Å²) in [7, 11) is 0. The van der Waals surface area contributed by atoms with E-state index in [0.717, 1.165) is 71.0 Å². The summed E-state index contributed by atoms with van der Waals surface area (Å²) in [5, 5.41) is 0. The zero-order chi connectivity index (χ0) is 45.6. The van der Waals surface area contributed by atoms with Crippen LogP contribution >= 0.6 is 0 Å². The molecule has 0 saturated heterocycles. The maximum atomic E-state index is 2.49. The van der Waals surface area contributed by atoms with Crippen molar-refractivity contribution < 1.29 is 0 Å². The highest BCUT2D eigenvalue weighted by Crippen LogP contribution is 2.26. The molecular weight excluding hydrogens is 721 g/mol. The van der Waals surface area contributed by atoms with Gasteiger partial charge in [0.15, 0.2) is 0 Å². The molecule has 0 aromatic carbocycles. The van der Waals surface area contributed by atoms with Crippen LogP contribution < -0.4 is 0 Å². The molecule has 0 radical (unpaired) electrons. The quantitative estimate of drug-likeness (QED) is 0.0537. The molecule has 8 unspecified atom stereocenters. The molecule has 0 nitrogen and oxygen atoms in total. The summed E-state index contributed by atoms with van der Waals surface area (Å²) >= 11 is 0. The van der Waals surface area contributed by atoms with E-state index in [0.29, 0.717) is 0 Å². The van der Waals surface area contributed by atoms with Crippen LogP contribution in [0.4, 0.5) is 0 Å². The van der Waals surface area contributed by atoms with E-state index in [1.807, 2.05) is 0 Å². The highest BCUT2D eigenvalue weighted by atomic mass is 14.2. The zero-order valence-electron chi connectivity index (χ0n) is 45.6. The molecule has 0 aliphatic rings. The van der Waals surface area contributed by atoms with E-state index in [9.17, 15) is 0 Å². The van der Waals surface area contributed by atoms with Crippen molar-refractivity contribution in [3.8, 4) is 0 Å². The van der Waals surface area contributed by atoms with E-state index in [2.05, 4.69) is 111 Å². The molecule has 0 amide bonds. The van der Waals surface area contributed by atoms with Gasteiger partial charge in [0.05, 0.1) is 0 Å². The third kappa shape index (κ3) is 49.0. The second kappa shape index (κ2) is 42.9. The Balaban J connectivity index is 0. The average Bonchev–Trinajstić information content (AvgIpc) is 3.15. The van der Waals surface area contributed by atoms with Crippen LogP contribution in [-0.4, -0.2) is 0 Å². The van der Waals surface area contributed by atoms with Crippen LogP contribution in [0.2, 0.25) is 0 Å². The SMILES string of the molecule is CC(C)CCCC(C)CCCC(C)CCCCC(C)CCCC(C)CCCC(C)C.CC(C)CCCC(C)CCCC(C)CCCCC(C)CCCC(C)CCCC(C)C. The number of hydrogen-bond donors (Lipinski definition) is 0. The lowest BCUT2D eigenvalue weighted by atomic mass is 9.90. The Morgan fingerprint density at radius 3 is 0.350 bits per heavy atom. The minimum Gasteiger partial charge on any atom is -0.0628 e. The molecule has 0 fully saturated rings. The van der Waals surface area contributed by atoms with E-state index in [-0.39, 0.29) is 0 Å². The van der Waals surface area contributed by atoms with Crippen molar-refractivity contribution >= 4 is 0 Å². The Morgan fingerprint density at radius 1 is 0.133 bits per heavy atom. The molecule has 0 saturated carbocycles. The van der Waals surface area contributed by atoms with Gasteiger partial charge in [-0.1, -0.05) is 316 Å². The van der Waals surface area contributed by atoms with Gasteiger partial charge < -0.3 is 0 Å². The molecule has 0 aliphatic heterocycles. The number of rotatable bonds is 42. The predicted molar refractivity (Wildman–Crippen MR) is 280 cm³/mol. The molecule has 8 atom stereocenters. The van der Waals surface area contributed by atoms with Crippen molar-refractivity contribution in [1.29, 1.82) is 0 Å². The van der Waals surface area contributed by atoms with Crippen molar-refractivity contribution in [2.24, 2.45) is 71.0 Å². The first-order valence-electron chi connectivity index (χ1n) is 28.4. The summed E-state index contributed by atoms with van der Waals surface area (Å²) in [6, 6.07) is 0. The van der Waals surface area contributed by atoms with Gasteiger partial charge >= 0.3 is 0 Å². The maximum Gasteiger partial charge on any atom is -0.0443 e. The molecular formula is C60H124. The fourth-order valence-corrected chi connectivity index (χ4v) is 9.88. The van der Waals surface area contributed by atoms with E-state index >= 15 is 0 Å². The molecule has 364 valence electrons. The summed E-state index contributed by atoms with van der Waals surface area (Å²) < 4.78 is 0. The maximum absolute atomic E-state index is 2.49. The minimum absolute atomic E-state index is 0.878. The van der Waals surface area contributed by atoms with Crippen molar-refractivity contribution in [2.75, 3.05) is 0 Å². The third-order valence-corrected chi connectivity index (χ3v) is 14.8. The summed E-state index contributed by atoms with van der Waals surface area (Å²) in [5.74, 6) is 11.0. The van der Waals surface area contributed by atoms with Crippen LogP contribution in [0.3, 0.4) is 0 Å². The standard InChI is InChI=1S/2C30H62/c2*1-25(2)15-11-19-29(7)23-13-21-27(5)17-9-10-18-28(6)22-14-24-30(8)20-12-16-26(3)4/h2*25-30H,9-24H2,1-8H3. The molecule has 0 heterocycles. The van der Waals surface area contributed by atoms with E-state index in [1.54, 1.807) is 0 Å². The zero-order valence-corrected chi connectivity index (χ0v) is 45.6. The largest absolute Gasteiger partial charge is 0.0628 e. The van der Waals surface area contributed by atoms with E-state index < -0.39 is 0 Å². The van der Waals surface area contributed by atoms with Crippen LogP contribution in [0.25, 0.3) is 0 Å². The molecule has 0 spiro atoms. The summed E-state index contributed by atoms with van der Waals surface area (Å²) in [5.41, 5.74) is 0. The van der Waals surface area contributed by atoms with Gasteiger partial charge in [0.25, 0.3) is 0 Å². The summed E-state index contributed by atoms with van der Waals surface area (Å²) in [4.78, 5) is 0. The number of hydrogen-bond acceptors (Lipinski definition) is 0. The smallest absolute Gasteiger partial charge is 0.0443 e. The van der Waals surface area contributed by atoms with Gasteiger partial charge in [-0.15, -0.1) is 0 Å². The predicted octanol–water partition coefficient (Wildman–Crippen LogP) is 22.2. The Morgan fingerprint density at radius 2 is 0.233 bits per heavy atom. The highest BCUT2D eigenvalue weighted by molar-refractivity contribution is 4.64. The molecule has 0 bridgehead atoms. The Labute approximate surface area is 385 Å². The number of unbranched alkanes of at least 4 members (excludes halogenated alkanes) is 2. The lowest BCUT2D eigenvalue weighted by Crippen LogP contribution is -2.01. The molecule has 0 heteroatoms. The average molecular weight is 846 g/mol. The topological polar surface area (TPSA) is 0 Å². The Bertz CT molecular complexity index is 684. The van der Waals surface area contributed by atoms with Crippen LogP contribution in [-0.2, 0) is 0 Å². The van der Waals surface area contributed by atoms with E-state index in [4.69, 9.17) is 0 Å². The minimum atomic E-state index is 0.878. The first kappa shape index (κ1) is 62.1. The third-order valence-electron chi connectivity index (χ3n) is 14.8. The van der Waals surface area contributed by atoms with Gasteiger partial charge in [0, 0.05) is 0 Å². The molecule has 0 aliphatic carbocycles. The summed E-state index contributed by atoms with van der Waals surface area (Å²) in [6.07, 6.45) is 46.3. The first-order valence-corrected chi connectivity index (χ1v) is 28.4. The highest BCUT2D eigenvalue weighted by Gasteiger charge is 2.11. The van der Waals surface area contributed by atoms with Crippen LogP contribution in [0.1, 0.15) is 316 Å². The lowest BCUT2D eigenvalue weighted by molar-refractivity contribution is 0.369. The molecule has 0 N–H and O–H groups in total. The Kier molecular flexibility index (Phi) is 44.4. The van der Waals surface area contributed by atoms with Gasteiger partial charge in [0.2, 0.25) is 0 Å². The van der Waals surface area contributed by atoms with Crippen LogP contribution in [0, 0.1) is 71.0 Å². The van der Waals surface area contributed by atoms with Crippen molar-refractivity contribution in [2.45, 2.75) is 316 Å². The van der Waals surface area contributed by atoms with Gasteiger partial charge in [-0.25, -0.2) is 0 Å². The normalized spacial score (nSPS) is 16.2. The van der Waals surface area contributed by atoms with Crippen LogP contribution in [0.5, 0.6) is 0 Å². The van der Waals surface area contributed by atoms with Crippen molar-refractivity contribution in [3.63, 3.8) is 0 Å². The van der Waals surface area contributed by atoms with Crippen molar-refractivity contribution in [1.82, 2.24) is 0 Å². The monoisotopic (exact) mass is 845 g/mol. The molecule has 0 aromatic rings. The molecule has 0 aromatic heterocycles. The molecule has 60 heavy (non-hydrogen) atoms. The van der Waals surface area contributed by atoms with Gasteiger partial charge in [-0.3, -0.25) is 0 Å². The lowest BCUT2D eigenvalue weighted by Gasteiger charge is -2.16. The van der Waals surface area contributed by atoms with Crippen LogP contribution in [0.15, 0.2) is 0 Å². The fourth-order valence-electron chi connectivity index (χ4n) is 9.88. The Hall–Kier alpha value is 0. The van der Waals surface area contributed by atoms with Crippen molar-refractivity contribution in [3.05, 3.63) is 0 Å². The van der Waals surface area contributed by atoms with E-state index in [1.165, 1.54) is 205 Å². The van der Waals surface area contributed by atoms with Gasteiger partial charge in [-0.2, -0.15) is 0 Å². The first-order chi connectivity index (χ1) is 28.4. The fraction of sp³-hybridized carbons (Fsp3) is 1.00.